The van der Waals surface area contributed by atoms with Crippen LogP contribution in [0.5, 0.6) is 0 Å². The SMILES string of the molecule is CC(=O)OC/C=C/c1ccc(-c2cc[c-]cc2)cc1.C[CH-]C.[Y]. The average Bonchev–Trinajstić information content (AvgIpc) is 2.54. The molecule has 0 N–H and O–H groups in total. The Kier molecular flexibility index (Phi) is 12.5. The molecule has 3 heteroatoms. The largest absolute Gasteiger partial charge is 0.462 e. The molecule has 0 fully saturated rings. The fraction of sp³-hybridized carbons (Fsp3) is 0.200. The Bertz CT molecular complexity index is 574. The van der Waals surface area contributed by atoms with E-state index in [9.17, 15) is 4.79 Å². The van der Waals surface area contributed by atoms with Gasteiger partial charge in [0.2, 0.25) is 0 Å². The Morgan fingerprint density at radius 1 is 1.09 bits per heavy atom. The maximum Gasteiger partial charge on any atom is 0.302 e. The summed E-state index contributed by atoms with van der Waals surface area (Å²) >= 11 is 0. The molecule has 0 bridgehead atoms. The van der Waals surface area contributed by atoms with Gasteiger partial charge in [0.05, 0.1) is 0 Å². The van der Waals surface area contributed by atoms with Crippen LogP contribution in [0.25, 0.3) is 17.2 Å². The molecule has 0 unspecified atom stereocenters. The topological polar surface area (TPSA) is 26.3 Å². The first-order valence-corrected chi connectivity index (χ1v) is 7.27. The number of hydrogen-bond acceptors (Lipinski definition) is 2. The predicted octanol–water partition coefficient (Wildman–Crippen LogP) is 4.96. The van der Waals surface area contributed by atoms with E-state index in [0.717, 1.165) is 5.56 Å². The van der Waals surface area contributed by atoms with Crippen LogP contribution in [0.15, 0.2) is 54.6 Å². The number of esters is 1. The second-order valence-corrected chi connectivity index (χ2v) is 4.69. The number of hydrogen-bond donors (Lipinski definition) is 0. The van der Waals surface area contributed by atoms with E-state index < -0.39 is 0 Å². The van der Waals surface area contributed by atoms with Crippen molar-refractivity contribution in [2.75, 3.05) is 6.61 Å². The van der Waals surface area contributed by atoms with E-state index in [0.29, 0.717) is 6.61 Å². The quantitative estimate of drug-likeness (QED) is 0.551. The number of ether oxygens (including phenoxy) is 1. The molecule has 1 radical (unpaired) electrons. The molecule has 23 heavy (non-hydrogen) atoms. The smallest absolute Gasteiger partial charge is 0.302 e. The van der Waals surface area contributed by atoms with Gasteiger partial charge < -0.3 is 11.2 Å². The molecule has 0 aromatic heterocycles. The van der Waals surface area contributed by atoms with E-state index in [1.807, 2.05) is 68.8 Å². The molecule has 0 spiro atoms. The summed E-state index contributed by atoms with van der Waals surface area (Å²) in [5.74, 6) is -0.263. The molecule has 2 nitrogen and oxygen atoms in total. The molecule has 0 saturated carbocycles. The molecule has 119 valence electrons. The van der Waals surface area contributed by atoms with Crippen molar-refractivity contribution in [2.45, 2.75) is 20.8 Å². The van der Waals surface area contributed by atoms with Crippen molar-refractivity contribution >= 4 is 12.0 Å². The minimum absolute atomic E-state index is 0. The van der Waals surface area contributed by atoms with Crippen LogP contribution in [0.4, 0.5) is 0 Å². The fourth-order valence-corrected chi connectivity index (χ4v) is 1.72. The summed E-state index contributed by atoms with van der Waals surface area (Å²) in [5, 5.41) is 0. The minimum Gasteiger partial charge on any atom is -0.462 e. The van der Waals surface area contributed by atoms with Crippen LogP contribution in [-0.4, -0.2) is 12.6 Å². The van der Waals surface area contributed by atoms with Gasteiger partial charge in [0, 0.05) is 39.6 Å². The van der Waals surface area contributed by atoms with E-state index in [2.05, 4.69) is 18.2 Å². The van der Waals surface area contributed by atoms with Crippen LogP contribution >= 0.6 is 0 Å². The van der Waals surface area contributed by atoms with E-state index >= 15 is 0 Å². The second-order valence-electron chi connectivity index (χ2n) is 4.69. The summed E-state index contributed by atoms with van der Waals surface area (Å²) in [6, 6.07) is 19.1. The zero-order valence-electron chi connectivity index (χ0n) is 14.0. The Labute approximate surface area is 164 Å². The van der Waals surface area contributed by atoms with E-state index in [1.54, 1.807) is 0 Å². The van der Waals surface area contributed by atoms with Crippen LogP contribution < -0.4 is 0 Å². The molecular weight excluding hydrogens is 361 g/mol. The van der Waals surface area contributed by atoms with Crippen LogP contribution in [0.2, 0.25) is 0 Å². The van der Waals surface area contributed by atoms with Crippen molar-refractivity contribution < 1.29 is 42.2 Å². The summed E-state index contributed by atoms with van der Waals surface area (Å²) < 4.78 is 4.83. The first-order valence-electron chi connectivity index (χ1n) is 7.27. The summed E-state index contributed by atoms with van der Waals surface area (Å²) in [4.78, 5) is 10.6. The van der Waals surface area contributed by atoms with Crippen molar-refractivity contribution in [3.8, 4) is 11.1 Å². The van der Waals surface area contributed by atoms with Crippen molar-refractivity contribution in [3.05, 3.63) is 72.7 Å². The van der Waals surface area contributed by atoms with E-state index in [4.69, 9.17) is 4.74 Å². The van der Waals surface area contributed by atoms with Gasteiger partial charge in [0.25, 0.3) is 0 Å². The maximum atomic E-state index is 10.6. The molecule has 2 aromatic rings. The third kappa shape index (κ3) is 9.48. The second kappa shape index (κ2) is 13.2. The zero-order chi connectivity index (χ0) is 16.2. The molecule has 0 amide bonds. The van der Waals surface area contributed by atoms with Crippen LogP contribution in [0.1, 0.15) is 26.3 Å². The van der Waals surface area contributed by atoms with Gasteiger partial charge in [-0.25, -0.2) is 0 Å². The van der Waals surface area contributed by atoms with Gasteiger partial charge in [-0.3, -0.25) is 4.79 Å². The molecule has 0 aliphatic heterocycles. The third-order valence-electron chi connectivity index (χ3n) is 2.66. The normalized spacial score (nSPS) is 9.52. The summed E-state index contributed by atoms with van der Waals surface area (Å²) in [6.45, 7) is 5.71. The first-order chi connectivity index (χ1) is 10.7. The number of carbonyl (C=O) groups is 1. The third-order valence-corrected chi connectivity index (χ3v) is 2.66. The fourth-order valence-electron chi connectivity index (χ4n) is 1.72. The van der Waals surface area contributed by atoms with E-state index in [1.165, 1.54) is 18.1 Å². The van der Waals surface area contributed by atoms with Crippen molar-refractivity contribution in [2.24, 2.45) is 0 Å². The number of benzene rings is 2. The van der Waals surface area contributed by atoms with Gasteiger partial charge in [-0.2, -0.15) is 44.2 Å². The zero-order valence-corrected chi connectivity index (χ0v) is 16.8. The van der Waals surface area contributed by atoms with Crippen LogP contribution in [0.3, 0.4) is 0 Å². The molecule has 0 atom stereocenters. The van der Waals surface area contributed by atoms with Gasteiger partial charge in [0.1, 0.15) is 6.61 Å². The van der Waals surface area contributed by atoms with Crippen LogP contribution in [-0.2, 0) is 42.2 Å². The average molecular weight is 383 g/mol. The molecule has 0 aliphatic rings. The molecular formula is C20H22O2Y-2. The van der Waals surface area contributed by atoms with Crippen molar-refractivity contribution in [1.82, 2.24) is 0 Å². The summed E-state index contributed by atoms with van der Waals surface area (Å²) in [7, 11) is 0. The van der Waals surface area contributed by atoms with E-state index in [-0.39, 0.29) is 38.7 Å². The Morgan fingerprint density at radius 3 is 2.13 bits per heavy atom. The molecule has 2 rings (SSSR count). The van der Waals surface area contributed by atoms with Gasteiger partial charge in [0.15, 0.2) is 0 Å². The first kappa shape index (κ1) is 21.8. The van der Waals surface area contributed by atoms with Gasteiger partial charge in [-0.05, 0) is 17.2 Å². The molecule has 0 aliphatic carbocycles. The molecule has 0 saturated heterocycles. The van der Waals surface area contributed by atoms with Crippen molar-refractivity contribution in [1.29, 1.82) is 0 Å². The summed E-state index contributed by atoms with van der Waals surface area (Å²) in [6.07, 6.45) is 5.76. The number of rotatable bonds is 4. The van der Waals surface area contributed by atoms with Gasteiger partial charge in [-0.1, -0.05) is 30.3 Å². The van der Waals surface area contributed by atoms with Gasteiger partial charge >= 0.3 is 5.97 Å². The maximum absolute atomic E-state index is 10.6. The Balaban J connectivity index is 0.00000112. The monoisotopic (exact) mass is 383 g/mol. The molecule has 2 aromatic carbocycles. The number of carbonyl (C=O) groups excluding carboxylic acids is 1. The Hall–Kier alpha value is -1.25. The van der Waals surface area contributed by atoms with Crippen LogP contribution in [0, 0.1) is 12.5 Å². The summed E-state index contributed by atoms with van der Waals surface area (Å²) in [5.41, 5.74) is 3.43. The Morgan fingerprint density at radius 2 is 1.61 bits per heavy atom. The standard InChI is InChI=1S/C17H15O2.C3H7.Y/c1-14(18)19-13-5-6-15-9-11-17(12-10-15)16-7-3-2-4-8-16;1-3-2;/h3-12H,13H2,1H3;3H,1-2H3;/q2*-1;/b6-5+;;. The predicted molar refractivity (Wildman–Crippen MR) is 92.0 cm³/mol. The molecule has 0 heterocycles. The van der Waals surface area contributed by atoms with Gasteiger partial charge in [-0.15, -0.1) is 5.56 Å². The minimum atomic E-state index is -0.263. The van der Waals surface area contributed by atoms with Crippen molar-refractivity contribution in [3.63, 3.8) is 0 Å².